The van der Waals surface area contributed by atoms with Crippen LogP contribution >= 0.6 is 11.6 Å². The summed E-state index contributed by atoms with van der Waals surface area (Å²) >= 11 is 6.17. The number of nitrogens with zero attached hydrogens (tertiary/aromatic N) is 3. The number of alkyl halides is 1. The number of carbonyl (C=O) groups is 1. The maximum atomic E-state index is 13.2. The summed E-state index contributed by atoms with van der Waals surface area (Å²) in [6.45, 7) is 1.74. The molecule has 1 aliphatic rings. The van der Waals surface area contributed by atoms with Gasteiger partial charge in [0.25, 0.3) is 0 Å². The summed E-state index contributed by atoms with van der Waals surface area (Å²) in [4.78, 5) is 20.0. The number of likely N-dealkylation sites (tertiary alicyclic amines) is 1. The molecule has 28 heavy (non-hydrogen) atoms. The molecular weight excluding hydrogens is 381 g/mol. The summed E-state index contributed by atoms with van der Waals surface area (Å²) in [5.41, 5.74) is 2.62. The minimum atomic E-state index is -0.538. The fraction of sp³-hybridized carbons (Fsp3) is 0.333. The Morgan fingerprint density at radius 2 is 1.89 bits per heavy atom. The monoisotopic (exact) mass is 401 g/mol. The van der Waals surface area contributed by atoms with Gasteiger partial charge in [0.1, 0.15) is 36.1 Å². The number of pyridine rings is 1. The molecular formula is C21H21ClFN3O2. The highest BCUT2D eigenvalue weighted by Crippen LogP contribution is 2.28. The fourth-order valence-corrected chi connectivity index (χ4v) is 3.73. The molecule has 1 aliphatic heterocycles. The standard InChI is InChI=1S/C21H21ClFN3O2/c22-16-5-8-19-24-20(15-3-6-17(7-4-15)28-12-9-23)21(26(19)13-16)18(27)14-25-10-1-2-11-25/h3-8,13H,1-2,9-12,14H2. The summed E-state index contributed by atoms with van der Waals surface area (Å²) < 4.78 is 19.4. The van der Waals surface area contributed by atoms with Crippen molar-refractivity contribution in [2.24, 2.45) is 0 Å². The molecule has 146 valence electrons. The Bertz CT molecular complexity index is 981. The second kappa shape index (κ2) is 8.29. The molecule has 0 unspecified atom stereocenters. The van der Waals surface area contributed by atoms with Crippen molar-refractivity contribution >= 4 is 23.0 Å². The molecule has 0 bridgehead atoms. The largest absolute Gasteiger partial charge is 0.491 e. The molecule has 0 atom stereocenters. The van der Waals surface area contributed by atoms with Crippen molar-refractivity contribution in [3.8, 4) is 17.0 Å². The number of halogens is 2. The third-order valence-electron chi connectivity index (χ3n) is 4.89. The highest BCUT2D eigenvalue weighted by atomic mass is 35.5. The van der Waals surface area contributed by atoms with Crippen LogP contribution in [-0.4, -0.2) is 53.0 Å². The van der Waals surface area contributed by atoms with Gasteiger partial charge in [0.05, 0.1) is 11.6 Å². The lowest BCUT2D eigenvalue weighted by Gasteiger charge is -2.14. The summed E-state index contributed by atoms with van der Waals surface area (Å²) in [6.07, 6.45) is 3.97. The molecule has 1 aromatic carbocycles. The van der Waals surface area contributed by atoms with Crippen LogP contribution in [0.2, 0.25) is 5.02 Å². The highest BCUT2D eigenvalue weighted by molar-refractivity contribution is 6.30. The molecule has 5 nitrogen and oxygen atoms in total. The Balaban J connectivity index is 1.73. The van der Waals surface area contributed by atoms with Crippen molar-refractivity contribution in [3.05, 3.63) is 53.3 Å². The first-order chi connectivity index (χ1) is 13.7. The van der Waals surface area contributed by atoms with Gasteiger partial charge in [-0.3, -0.25) is 14.1 Å². The molecule has 2 aromatic heterocycles. The van der Waals surface area contributed by atoms with Gasteiger partial charge in [-0.15, -0.1) is 0 Å². The van der Waals surface area contributed by atoms with Crippen LogP contribution in [0, 0.1) is 0 Å². The number of hydrogen-bond donors (Lipinski definition) is 0. The Morgan fingerprint density at radius 3 is 2.61 bits per heavy atom. The van der Waals surface area contributed by atoms with E-state index in [4.69, 9.17) is 16.3 Å². The number of Topliss-reactive ketones (excluding diaryl/α,β-unsaturated/α-hetero) is 1. The quantitative estimate of drug-likeness (QED) is 0.554. The first-order valence-corrected chi connectivity index (χ1v) is 9.76. The maximum absolute atomic E-state index is 13.2. The number of carbonyl (C=O) groups excluding carboxylic acids is 1. The van der Waals surface area contributed by atoms with E-state index in [-0.39, 0.29) is 12.4 Å². The van der Waals surface area contributed by atoms with E-state index in [9.17, 15) is 9.18 Å². The van der Waals surface area contributed by atoms with Gasteiger partial charge < -0.3 is 4.74 Å². The third kappa shape index (κ3) is 3.88. The maximum Gasteiger partial charge on any atom is 0.195 e. The van der Waals surface area contributed by atoms with Crippen molar-refractivity contribution < 1.29 is 13.9 Å². The molecule has 3 heterocycles. The van der Waals surface area contributed by atoms with Gasteiger partial charge >= 0.3 is 0 Å². The second-order valence-electron chi connectivity index (χ2n) is 6.85. The summed E-state index contributed by atoms with van der Waals surface area (Å²) in [5, 5.41) is 0.543. The van der Waals surface area contributed by atoms with Gasteiger partial charge in [0, 0.05) is 11.8 Å². The predicted octanol–water partition coefficient (Wildman–Crippen LogP) is 4.28. The van der Waals surface area contributed by atoms with Gasteiger partial charge in [-0.25, -0.2) is 9.37 Å². The number of fused-ring (bicyclic) bond motifs is 1. The van der Waals surface area contributed by atoms with Gasteiger partial charge in [-0.05, 0) is 62.3 Å². The Hall–Kier alpha value is -2.44. The number of ketones is 1. The summed E-state index contributed by atoms with van der Waals surface area (Å²) in [5.74, 6) is 0.600. The molecule has 0 spiro atoms. The van der Waals surface area contributed by atoms with E-state index in [1.165, 1.54) is 0 Å². The minimum absolute atomic E-state index is 0.0180. The van der Waals surface area contributed by atoms with Crippen molar-refractivity contribution in [2.45, 2.75) is 12.8 Å². The Morgan fingerprint density at radius 1 is 1.14 bits per heavy atom. The predicted molar refractivity (Wildman–Crippen MR) is 107 cm³/mol. The van der Waals surface area contributed by atoms with Crippen LogP contribution in [0.5, 0.6) is 5.75 Å². The minimum Gasteiger partial charge on any atom is -0.491 e. The molecule has 7 heteroatoms. The van der Waals surface area contributed by atoms with Crippen LogP contribution in [-0.2, 0) is 0 Å². The van der Waals surface area contributed by atoms with Crippen LogP contribution in [0.3, 0.4) is 0 Å². The van der Waals surface area contributed by atoms with E-state index in [2.05, 4.69) is 9.88 Å². The van der Waals surface area contributed by atoms with E-state index in [1.54, 1.807) is 34.9 Å². The van der Waals surface area contributed by atoms with Crippen molar-refractivity contribution in [1.82, 2.24) is 14.3 Å². The average molecular weight is 402 g/mol. The second-order valence-corrected chi connectivity index (χ2v) is 7.29. The van der Waals surface area contributed by atoms with Gasteiger partial charge in [0.15, 0.2) is 5.78 Å². The van der Waals surface area contributed by atoms with Gasteiger partial charge in [0.2, 0.25) is 0 Å². The average Bonchev–Trinajstić information content (AvgIpc) is 3.34. The van der Waals surface area contributed by atoms with Gasteiger partial charge in [-0.1, -0.05) is 11.6 Å². The number of imidazole rings is 1. The van der Waals surface area contributed by atoms with E-state index >= 15 is 0 Å². The molecule has 0 aliphatic carbocycles. The van der Waals surface area contributed by atoms with Crippen LogP contribution in [0.4, 0.5) is 4.39 Å². The topological polar surface area (TPSA) is 46.8 Å². The van der Waals surface area contributed by atoms with E-state index in [0.29, 0.717) is 34.4 Å². The number of aromatic nitrogens is 2. The van der Waals surface area contributed by atoms with E-state index in [0.717, 1.165) is 31.5 Å². The van der Waals surface area contributed by atoms with Crippen LogP contribution in [0.15, 0.2) is 42.6 Å². The molecule has 0 amide bonds. The zero-order valence-electron chi connectivity index (χ0n) is 15.4. The van der Waals surface area contributed by atoms with Crippen LogP contribution < -0.4 is 4.74 Å². The lowest BCUT2D eigenvalue weighted by molar-refractivity contribution is 0.0940. The molecule has 0 N–H and O–H groups in total. The van der Waals surface area contributed by atoms with Gasteiger partial charge in [-0.2, -0.15) is 0 Å². The molecule has 0 saturated carbocycles. The smallest absolute Gasteiger partial charge is 0.195 e. The first kappa shape index (κ1) is 18.9. The third-order valence-corrected chi connectivity index (χ3v) is 5.11. The molecule has 1 fully saturated rings. The number of benzene rings is 1. The lowest BCUT2D eigenvalue weighted by Crippen LogP contribution is -2.27. The Labute approximate surface area is 167 Å². The van der Waals surface area contributed by atoms with Crippen molar-refractivity contribution in [3.63, 3.8) is 0 Å². The lowest BCUT2D eigenvalue weighted by atomic mass is 10.1. The number of rotatable bonds is 7. The molecule has 1 saturated heterocycles. The van der Waals surface area contributed by atoms with E-state index < -0.39 is 6.67 Å². The SMILES string of the molecule is O=C(CN1CCCC1)c1c(-c2ccc(OCCF)cc2)nc2ccc(Cl)cn12. The van der Waals surface area contributed by atoms with Crippen molar-refractivity contribution in [1.29, 1.82) is 0 Å². The first-order valence-electron chi connectivity index (χ1n) is 9.38. The summed E-state index contributed by atoms with van der Waals surface area (Å²) in [7, 11) is 0. The fourth-order valence-electron chi connectivity index (χ4n) is 3.57. The normalized spacial score (nSPS) is 14.6. The van der Waals surface area contributed by atoms with E-state index in [1.807, 2.05) is 12.1 Å². The zero-order chi connectivity index (χ0) is 19.5. The number of hydrogen-bond acceptors (Lipinski definition) is 4. The molecule has 3 aromatic rings. The number of ether oxygens (including phenoxy) is 1. The summed E-state index contributed by atoms with van der Waals surface area (Å²) in [6, 6.07) is 10.8. The van der Waals surface area contributed by atoms with Crippen molar-refractivity contribution in [2.75, 3.05) is 32.9 Å². The highest BCUT2D eigenvalue weighted by Gasteiger charge is 2.24. The Kier molecular flexibility index (Phi) is 5.59. The molecule has 0 radical (unpaired) electrons. The van der Waals surface area contributed by atoms with Crippen LogP contribution in [0.25, 0.3) is 16.9 Å². The zero-order valence-corrected chi connectivity index (χ0v) is 16.2. The molecule has 4 rings (SSSR count). The van der Waals surface area contributed by atoms with Crippen LogP contribution in [0.1, 0.15) is 23.3 Å².